The first-order chi connectivity index (χ1) is 10.1. The molecule has 1 amide bonds. The number of hydrogen-bond donors (Lipinski definition) is 1. The number of halogens is 1. The molecule has 1 N–H and O–H groups in total. The van der Waals surface area contributed by atoms with Crippen molar-refractivity contribution in [2.45, 2.75) is 26.4 Å². The minimum absolute atomic E-state index is 0.109. The molecule has 0 aliphatic rings. The van der Waals surface area contributed by atoms with E-state index in [9.17, 15) is 9.18 Å². The Kier molecular flexibility index (Phi) is 4.87. The SMILES string of the molecule is CCC(C)Oc1cccc(NC(=O)c2ccc(F)nc2)c1. The van der Waals surface area contributed by atoms with Crippen molar-refractivity contribution in [3.05, 3.63) is 54.1 Å². The van der Waals surface area contributed by atoms with E-state index in [1.165, 1.54) is 12.3 Å². The van der Waals surface area contributed by atoms with Gasteiger partial charge in [0.1, 0.15) is 5.75 Å². The van der Waals surface area contributed by atoms with Crippen molar-refractivity contribution in [3.8, 4) is 5.75 Å². The summed E-state index contributed by atoms with van der Waals surface area (Å²) in [5, 5.41) is 2.73. The highest BCUT2D eigenvalue weighted by Crippen LogP contribution is 2.19. The Morgan fingerprint density at radius 2 is 2.19 bits per heavy atom. The van der Waals surface area contributed by atoms with E-state index in [2.05, 4.69) is 10.3 Å². The molecule has 0 spiro atoms. The summed E-state index contributed by atoms with van der Waals surface area (Å²) in [4.78, 5) is 15.5. The summed E-state index contributed by atoms with van der Waals surface area (Å²) in [6, 6.07) is 9.69. The summed E-state index contributed by atoms with van der Waals surface area (Å²) in [5.41, 5.74) is 0.912. The number of ether oxygens (including phenoxy) is 1. The number of carbonyl (C=O) groups is 1. The van der Waals surface area contributed by atoms with Crippen molar-refractivity contribution in [3.63, 3.8) is 0 Å². The van der Waals surface area contributed by atoms with Crippen LogP contribution in [0.2, 0.25) is 0 Å². The van der Waals surface area contributed by atoms with Crippen LogP contribution < -0.4 is 10.1 Å². The number of rotatable bonds is 5. The molecule has 0 saturated heterocycles. The van der Waals surface area contributed by atoms with Gasteiger partial charge in [0, 0.05) is 18.0 Å². The van der Waals surface area contributed by atoms with E-state index in [1.54, 1.807) is 18.2 Å². The average molecular weight is 288 g/mol. The van der Waals surface area contributed by atoms with Crippen molar-refractivity contribution >= 4 is 11.6 Å². The number of anilines is 1. The van der Waals surface area contributed by atoms with E-state index in [-0.39, 0.29) is 12.0 Å². The second kappa shape index (κ2) is 6.83. The van der Waals surface area contributed by atoms with E-state index in [4.69, 9.17) is 4.74 Å². The van der Waals surface area contributed by atoms with Gasteiger partial charge in [-0.3, -0.25) is 4.79 Å². The molecule has 1 atom stereocenters. The number of pyridine rings is 1. The van der Waals surface area contributed by atoms with Crippen LogP contribution in [0.4, 0.5) is 10.1 Å². The zero-order valence-electron chi connectivity index (χ0n) is 12.0. The Morgan fingerprint density at radius 1 is 1.38 bits per heavy atom. The summed E-state index contributed by atoms with van der Waals surface area (Å²) in [5.74, 6) is -0.266. The zero-order chi connectivity index (χ0) is 15.2. The van der Waals surface area contributed by atoms with Gasteiger partial charge < -0.3 is 10.1 Å². The number of nitrogens with zero attached hydrogens (tertiary/aromatic N) is 1. The number of benzene rings is 1. The van der Waals surface area contributed by atoms with Gasteiger partial charge >= 0.3 is 0 Å². The van der Waals surface area contributed by atoms with Gasteiger partial charge in [-0.15, -0.1) is 0 Å². The monoisotopic (exact) mass is 288 g/mol. The molecule has 4 nitrogen and oxygen atoms in total. The van der Waals surface area contributed by atoms with Crippen LogP contribution in [0.5, 0.6) is 5.75 Å². The maximum Gasteiger partial charge on any atom is 0.257 e. The highest BCUT2D eigenvalue weighted by Gasteiger charge is 2.08. The van der Waals surface area contributed by atoms with E-state index < -0.39 is 5.95 Å². The van der Waals surface area contributed by atoms with Crippen LogP contribution in [-0.2, 0) is 0 Å². The smallest absolute Gasteiger partial charge is 0.257 e. The van der Waals surface area contributed by atoms with Crippen LogP contribution >= 0.6 is 0 Å². The van der Waals surface area contributed by atoms with Crippen molar-refractivity contribution in [1.82, 2.24) is 4.98 Å². The zero-order valence-corrected chi connectivity index (χ0v) is 12.0. The Labute approximate surface area is 123 Å². The molecular formula is C16H17FN2O2. The second-order valence-corrected chi connectivity index (χ2v) is 4.69. The fourth-order valence-electron chi connectivity index (χ4n) is 1.68. The predicted octanol–water partition coefficient (Wildman–Crippen LogP) is 3.65. The maximum atomic E-state index is 12.7. The van der Waals surface area contributed by atoms with Crippen molar-refractivity contribution in [1.29, 1.82) is 0 Å². The first-order valence-corrected chi connectivity index (χ1v) is 6.78. The maximum absolute atomic E-state index is 12.7. The summed E-state index contributed by atoms with van der Waals surface area (Å²) < 4.78 is 18.4. The van der Waals surface area contributed by atoms with Crippen LogP contribution in [0, 0.1) is 5.95 Å². The van der Waals surface area contributed by atoms with Gasteiger partial charge in [0.25, 0.3) is 5.91 Å². The Bertz CT molecular complexity index is 614. The predicted molar refractivity (Wildman–Crippen MR) is 79.0 cm³/mol. The largest absolute Gasteiger partial charge is 0.491 e. The lowest BCUT2D eigenvalue weighted by Crippen LogP contribution is -2.13. The Hall–Kier alpha value is -2.43. The van der Waals surface area contributed by atoms with Crippen LogP contribution in [0.1, 0.15) is 30.6 Å². The fraction of sp³-hybridized carbons (Fsp3) is 0.250. The molecule has 0 radical (unpaired) electrons. The van der Waals surface area contributed by atoms with Crippen LogP contribution in [-0.4, -0.2) is 17.0 Å². The number of hydrogen-bond acceptors (Lipinski definition) is 3. The third-order valence-electron chi connectivity index (χ3n) is 2.99. The molecule has 1 unspecified atom stereocenters. The molecule has 0 saturated carbocycles. The van der Waals surface area contributed by atoms with Gasteiger partial charge in [-0.25, -0.2) is 4.98 Å². The van der Waals surface area contributed by atoms with Crippen molar-refractivity contribution in [2.24, 2.45) is 0 Å². The van der Waals surface area contributed by atoms with Gasteiger partial charge in [-0.1, -0.05) is 13.0 Å². The number of nitrogens with one attached hydrogen (secondary N) is 1. The normalized spacial score (nSPS) is 11.8. The first-order valence-electron chi connectivity index (χ1n) is 6.78. The first kappa shape index (κ1) is 15.0. The van der Waals surface area contributed by atoms with Gasteiger partial charge in [0.05, 0.1) is 11.7 Å². The van der Waals surface area contributed by atoms with Gasteiger partial charge in [-0.05, 0) is 37.6 Å². The van der Waals surface area contributed by atoms with E-state index >= 15 is 0 Å². The van der Waals surface area contributed by atoms with Crippen molar-refractivity contribution < 1.29 is 13.9 Å². The van der Waals surface area contributed by atoms with E-state index in [0.717, 1.165) is 12.5 Å². The number of amides is 1. The van der Waals surface area contributed by atoms with Crippen LogP contribution in [0.3, 0.4) is 0 Å². The minimum Gasteiger partial charge on any atom is -0.491 e. The highest BCUT2D eigenvalue weighted by molar-refractivity contribution is 6.04. The lowest BCUT2D eigenvalue weighted by Gasteiger charge is -2.13. The highest BCUT2D eigenvalue weighted by atomic mass is 19.1. The van der Waals surface area contributed by atoms with Gasteiger partial charge in [0.15, 0.2) is 0 Å². The summed E-state index contributed by atoms with van der Waals surface area (Å²) in [7, 11) is 0. The van der Waals surface area contributed by atoms with E-state index in [0.29, 0.717) is 17.0 Å². The van der Waals surface area contributed by atoms with E-state index in [1.807, 2.05) is 19.9 Å². The lowest BCUT2D eigenvalue weighted by molar-refractivity contribution is 0.102. The number of aromatic nitrogens is 1. The van der Waals surface area contributed by atoms with Crippen molar-refractivity contribution in [2.75, 3.05) is 5.32 Å². The molecule has 1 aromatic heterocycles. The Balaban J connectivity index is 2.07. The molecule has 0 aliphatic heterocycles. The Morgan fingerprint density at radius 3 is 2.86 bits per heavy atom. The van der Waals surface area contributed by atoms with Crippen LogP contribution in [0.25, 0.3) is 0 Å². The minimum atomic E-state index is -0.615. The average Bonchev–Trinajstić information content (AvgIpc) is 2.48. The molecule has 0 bridgehead atoms. The fourth-order valence-corrected chi connectivity index (χ4v) is 1.68. The molecule has 1 aromatic carbocycles. The summed E-state index contributed by atoms with van der Waals surface area (Å²) in [6.07, 6.45) is 2.21. The quantitative estimate of drug-likeness (QED) is 0.854. The summed E-state index contributed by atoms with van der Waals surface area (Å²) >= 11 is 0. The molecule has 0 fully saturated rings. The number of carbonyl (C=O) groups excluding carboxylic acids is 1. The summed E-state index contributed by atoms with van der Waals surface area (Å²) in [6.45, 7) is 4.02. The topological polar surface area (TPSA) is 51.2 Å². The molecule has 5 heteroatoms. The van der Waals surface area contributed by atoms with Gasteiger partial charge in [0.2, 0.25) is 5.95 Å². The lowest BCUT2D eigenvalue weighted by atomic mass is 10.2. The molecular weight excluding hydrogens is 271 g/mol. The molecule has 2 rings (SSSR count). The third kappa shape index (κ3) is 4.27. The second-order valence-electron chi connectivity index (χ2n) is 4.69. The van der Waals surface area contributed by atoms with Gasteiger partial charge in [-0.2, -0.15) is 4.39 Å². The molecule has 0 aliphatic carbocycles. The molecule has 2 aromatic rings. The molecule has 1 heterocycles. The third-order valence-corrected chi connectivity index (χ3v) is 2.99. The molecule has 110 valence electrons. The molecule has 21 heavy (non-hydrogen) atoms. The standard InChI is InChI=1S/C16H17FN2O2/c1-3-11(2)21-14-6-4-5-13(9-14)19-16(20)12-7-8-15(17)18-10-12/h4-11H,3H2,1-2H3,(H,19,20). The van der Waals surface area contributed by atoms with Crippen LogP contribution in [0.15, 0.2) is 42.6 Å².